The number of allylic oxidation sites excluding steroid dienone is 3. The number of hydrogen-bond donors (Lipinski definition) is 1. The Morgan fingerprint density at radius 3 is 2.25 bits per heavy atom. The zero-order chi connectivity index (χ0) is 11.8. The first-order valence-electron chi connectivity index (χ1n) is 6.04. The Bertz CT molecular complexity index is 283. The number of rotatable bonds is 4. The fourth-order valence-corrected chi connectivity index (χ4v) is 2.07. The van der Waals surface area contributed by atoms with Crippen LogP contribution in [0, 0.1) is 5.92 Å². The second kappa shape index (κ2) is 7.04. The van der Waals surface area contributed by atoms with E-state index in [0.29, 0.717) is 0 Å². The van der Waals surface area contributed by atoms with Gasteiger partial charge in [-0.2, -0.15) is 0 Å². The van der Waals surface area contributed by atoms with Crippen molar-refractivity contribution in [2.45, 2.75) is 38.5 Å². The van der Waals surface area contributed by atoms with Crippen LogP contribution in [0.2, 0.25) is 0 Å². The number of carbonyl (C=O) groups is 1. The van der Waals surface area contributed by atoms with Gasteiger partial charge in [-0.25, -0.2) is 0 Å². The minimum Gasteiger partial charge on any atom is -0.326 e. The zero-order valence-corrected chi connectivity index (χ0v) is 9.87. The van der Waals surface area contributed by atoms with Crippen molar-refractivity contribution < 1.29 is 4.79 Å². The quantitative estimate of drug-likeness (QED) is 0.570. The van der Waals surface area contributed by atoms with E-state index in [2.05, 4.69) is 18.5 Å². The molecule has 0 heterocycles. The Morgan fingerprint density at radius 1 is 1.12 bits per heavy atom. The van der Waals surface area contributed by atoms with Gasteiger partial charge in [0.2, 0.25) is 5.91 Å². The van der Waals surface area contributed by atoms with Crippen molar-refractivity contribution in [3.05, 3.63) is 37.1 Å². The maximum atomic E-state index is 12.0. The highest BCUT2D eigenvalue weighted by Crippen LogP contribution is 2.23. The lowest BCUT2D eigenvalue weighted by Gasteiger charge is -2.14. The molecule has 1 aliphatic rings. The summed E-state index contributed by atoms with van der Waals surface area (Å²) >= 11 is 0. The average molecular weight is 219 g/mol. The summed E-state index contributed by atoms with van der Waals surface area (Å²) in [4.78, 5) is 12.0. The minimum absolute atomic E-state index is 0.134. The lowest BCUT2D eigenvalue weighted by Crippen LogP contribution is -2.29. The van der Waals surface area contributed by atoms with Crippen molar-refractivity contribution >= 4 is 5.91 Å². The Hall–Kier alpha value is -1.31. The molecule has 1 N–H and O–H groups in total. The fraction of sp³-hybridized carbons (Fsp3) is 0.500. The molecule has 0 radical (unpaired) electrons. The normalized spacial score (nSPS) is 18.6. The van der Waals surface area contributed by atoms with Crippen LogP contribution in [0.3, 0.4) is 0 Å². The van der Waals surface area contributed by atoms with Gasteiger partial charge in [-0.1, -0.05) is 44.9 Å². The molecule has 0 bridgehead atoms. The Kier molecular flexibility index (Phi) is 5.62. The predicted molar refractivity (Wildman–Crippen MR) is 67.8 cm³/mol. The second-order valence-corrected chi connectivity index (χ2v) is 4.24. The Labute approximate surface area is 98.1 Å². The smallest absolute Gasteiger partial charge is 0.227 e. The molecule has 1 saturated carbocycles. The van der Waals surface area contributed by atoms with E-state index in [1.54, 1.807) is 18.2 Å². The molecular weight excluding hydrogens is 198 g/mol. The largest absolute Gasteiger partial charge is 0.326 e. The van der Waals surface area contributed by atoms with Gasteiger partial charge in [0, 0.05) is 11.6 Å². The van der Waals surface area contributed by atoms with E-state index in [9.17, 15) is 4.79 Å². The molecule has 16 heavy (non-hydrogen) atoms. The van der Waals surface area contributed by atoms with Crippen LogP contribution in [0.25, 0.3) is 0 Å². The molecule has 0 spiro atoms. The van der Waals surface area contributed by atoms with Gasteiger partial charge in [0.15, 0.2) is 0 Å². The standard InChI is InChI=1S/C14H21NO/c1-3-9-13(4-2)15-14(16)12-10-7-5-6-8-11-12/h3-4,9,12H,1-2,5-8,10-11H2,(H,15,16)/b13-9+. The van der Waals surface area contributed by atoms with E-state index in [1.807, 2.05) is 0 Å². The van der Waals surface area contributed by atoms with E-state index in [-0.39, 0.29) is 11.8 Å². The summed E-state index contributed by atoms with van der Waals surface area (Å²) in [5.74, 6) is 0.311. The van der Waals surface area contributed by atoms with Crippen molar-refractivity contribution in [3.8, 4) is 0 Å². The van der Waals surface area contributed by atoms with Crippen LogP contribution in [0.15, 0.2) is 37.1 Å². The van der Waals surface area contributed by atoms with Crippen LogP contribution in [0.1, 0.15) is 38.5 Å². The van der Waals surface area contributed by atoms with E-state index >= 15 is 0 Å². The minimum atomic E-state index is 0.134. The molecular formula is C14H21NO. The van der Waals surface area contributed by atoms with Crippen LogP contribution in [0.4, 0.5) is 0 Å². The molecule has 2 nitrogen and oxygen atoms in total. The van der Waals surface area contributed by atoms with Gasteiger partial charge in [-0.3, -0.25) is 4.79 Å². The van der Waals surface area contributed by atoms with Crippen molar-refractivity contribution in [2.24, 2.45) is 5.92 Å². The number of carbonyl (C=O) groups excluding carboxylic acids is 1. The first-order chi connectivity index (χ1) is 7.77. The second-order valence-electron chi connectivity index (χ2n) is 4.24. The maximum absolute atomic E-state index is 12.0. The van der Waals surface area contributed by atoms with Crippen LogP contribution in [-0.4, -0.2) is 5.91 Å². The molecule has 0 saturated heterocycles. The van der Waals surface area contributed by atoms with Crippen LogP contribution in [0.5, 0.6) is 0 Å². The molecule has 1 rings (SSSR count). The Morgan fingerprint density at radius 2 is 1.75 bits per heavy atom. The Balaban J connectivity index is 2.52. The molecule has 1 amide bonds. The third kappa shape index (κ3) is 4.05. The molecule has 1 aliphatic carbocycles. The molecule has 0 unspecified atom stereocenters. The monoisotopic (exact) mass is 219 g/mol. The molecule has 2 heteroatoms. The number of nitrogens with one attached hydrogen (secondary N) is 1. The van der Waals surface area contributed by atoms with Crippen molar-refractivity contribution in [1.82, 2.24) is 5.32 Å². The maximum Gasteiger partial charge on any atom is 0.227 e. The van der Waals surface area contributed by atoms with Gasteiger partial charge < -0.3 is 5.32 Å². The molecule has 0 aromatic heterocycles. The van der Waals surface area contributed by atoms with Crippen molar-refractivity contribution in [1.29, 1.82) is 0 Å². The summed E-state index contributed by atoms with van der Waals surface area (Å²) in [5, 5.41) is 2.90. The summed E-state index contributed by atoms with van der Waals surface area (Å²) in [6.07, 6.45) is 12.0. The van der Waals surface area contributed by atoms with Gasteiger partial charge in [0.1, 0.15) is 0 Å². The van der Waals surface area contributed by atoms with Crippen molar-refractivity contribution in [3.63, 3.8) is 0 Å². The topological polar surface area (TPSA) is 29.1 Å². The molecule has 0 aliphatic heterocycles. The van der Waals surface area contributed by atoms with Gasteiger partial charge >= 0.3 is 0 Å². The number of hydrogen-bond acceptors (Lipinski definition) is 1. The summed E-state index contributed by atoms with van der Waals surface area (Å²) in [5.41, 5.74) is 0.740. The lowest BCUT2D eigenvalue weighted by molar-refractivity contribution is -0.124. The molecule has 88 valence electrons. The van der Waals surface area contributed by atoms with Crippen molar-refractivity contribution in [2.75, 3.05) is 0 Å². The van der Waals surface area contributed by atoms with Crippen LogP contribution in [-0.2, 0) is 4.79 Å². The first-order valence-corrected chi connectivity index (χ1v) is 6.04. The SMILES string of the molecule is C=C/C=C(\C=C)NC(=O)C1CCCCCC1. The van der Waals surface area contributed by atoms with E-state index < -0.39 is 0 Å². The highest BCUT2D eigenvalue weighted by Gasteiger charge is 2.19. The van der Waals surface area contributed by atoms with Gasteiger partial charge in [0.25, 0.3) is 0 Å². The summed E-state index contributed by atoms with van der Waals surface area (Å²) < 4.78 is 0. The third-order valence-corrected chi connectivity index (χ3v) is 3.01. The van der Waals surface area contributed by atoms with Gasteiger partial charge in [-0.05, 0) is 25.0 Å². The zero-order valence-electron chi connectivity index (χ0n) is 9.87. The molecule has 0 aromatic rings. The van der Waals surface area contributed by atoms with Gasteiger partial charge in [0.05, 0.1) is 0 Å². The molecule has 1 fully saturated rings. The molecule has 0 atom stereocenters. The number of amides is 1. The third-order valence-electron chi connectivity index (χ3n) is 3.01. The fourth-order valence-electron chi connectivity index (χ4n) is 2.07. The highest BCUT2D eigenvalue weighted by molar-refractivity contribution is 5.80. The summed E-state index contributed by atoms with van der Waals surface area (Å²) in [6, 6.07) is 0. The van der Waals surface area contributed by atoms with Crippen LogP contribution < -0.4 is 5.32 Å². The van der Waals surface area contributed by atoms with E-state index in [4.69, 9.17) is 0 Å². The summed E-state index contributed by atoms with van der Waals surface area (Å²) in [7, 11) is 0. The van der Waals surface area contributed by atoms with Gasteiger partial charge in [-0.15, -0.1) is 0 Å². The van der Waals surface area contributed by atoms with E-state index in [0.717, 1.165) is 18.5 Å². The first kappa shape index (κ1) is 12.8. The predicted octanol–water partition coefficient (Wildman–Crippen LogP) is 3.33. The molecule has 0 aromatic carbocycles. The van der Waals surface area contributed by atoms with E-state index in [1.165, 1.54) is 25.7 Å². The van der Waals surface area contributed by atoms with Crippen LogP contribution >= 0.6 is 0 Å². The lowest BCUT2D eigenvalue weighted by atomic mass is 9.99. The summed E-state index contributed by atoms with van der Waals surface area (Å²) in [6.45, 7) is 7.27. The highest BCUT2D eigenvalue weighted by atomic mass is 16.1. The average Bonchev–Trinajstić information content (AvgIpc) is 2.56.